The number of nitrogens with one attached hydrogen (secondary N) is 1. The fourth-order valence-electron chi connectivity index (χ4n) is 2.04. The van der Waals surface area contributed by atoms with E-state index in [0.717, 1.165) is 13.1 Å². The molecule has 5 heteroatoms. The highest BCUT2D eigenvalue weighted by Gasteiger charge is 2.49. The topological polar surface area (TPSA) is 50.8 Å². The molecule has 92 valence electrons. The van der Waals surface area contributed by atoms with Crippen molar-refractivity contribution in [3.63, 3.8) is 0 Å². The molecule has 2 aliphatic heterocycles. The lowest BCUT2D eigenvalue weighted by Crippen LogP contribution is -2.72. The average molecular weight is 228 g/mol. The lowest BCUT2D eigenvalue weighted by atomic mass is 9.93. The van der Waals surface area contributed by atoms with Crippen LogP contribution in [0.15, 0.2) is 0 Å². The molecule has 2 fully saturated rings. The number of hydrogen-bond acceptors (Lipinski definition) is 4. The van der Waals surface area contributed by atoms with E-state index in [9.17, 15) is 4.79 Å². The van der Waals surface area contributed by atoms with Crippen molar-refractivity contribution in [2.45, 2.75) is 31.9 Å². The highest BCUT2D eigenvalue weighted by Crippen LogP contribution is 2.28. The predicted molar refractivity (Wildman–Crippen MR) is 59.4 cm³/mol. The molecule has 1 spiro atoms. The molecule has 2 aliphatic rings. The van der Waals surface area contributed by atoms with Crippen molar-refractivity contribution in [3.8, 4) is 0 Å². The quantitative estimate of drug-likeness (QED) is 0.659. The molecular formula is C11H20N2O3. The van der Waals surface area contributed by atoms with Crippen molar-refractivity contribution >= 4 is 6.09 Å². The van der Waals surface area contributed by atoms with Crippen molar-refractivity contribution in [1.29, 1.82) is 0 Å². The van der Waals surface area contributed by atoms with E-state index in [2.05, 4.69) is 5.32 Å². The van der Waals surface area contributed by atoms with Gasteiger partial charge in [-0.3, -0.25) is 4.90 Å². The third-order valence-corrected chi connectivity index (χ3v) is 2.89. The van der Waals surface area contributed by atoms with Crippen LogP contribution in [0.25, 0.3) is 0 Å². The Bertz CT molecular complexity index is 281. The van der Waals surface area contributed by atoms with Crippen molar-refractivity contribution < 1.29 is 14.3 Å². The molecule has 0 aliphatic carbocycles. The van der Waals surface area contributed by atoms with Gasteiger partial charge in [-0.05, 0) is 20.8 Å². The SMILES string of the molecule is CC(C)(C)OC(=O)N1CCNCC12COC2. The number of hydrogen-bond donors (Lipinski definition) is 1. The summed E-state index contributed by atoms with van der Waals surface area (Å²) < 4.78 is 10.6. The second kappa shape index (κ2) is 3.89. The van der Waals surface area contributed by atoms with Crippen LogP contribution in [0.1, 0.15) is 20.8 Å². The van der Waals surface area contributed by atoms with Gasteiger partial charge in [0.1, 0.15) is 11.1 Å². The van der Waals surface area contributed by atoms with Crippen LogP contribution in [-0.4, -0.2) is 55.0 Å². The standard InChI is InChI=1S/C11H20N2O3/c1-10(2,3)16-9(14)13-5-4-12-6-11(13)7-15-8-11/h12H,4-8H2,1-3H3. The second-order valence-corrected chi connectivity index (χ2v) is 5.53. The van der Waals surface area contributed by atoms with Crippen LogP contribution in [0.3, 0.4) is 0 Å². The van der Waals surface area contributed by atoms with Crippen LogP contribution in [0.5, 0.6) is 0 Å². The summed E-state index contributed by atoms with van der Waals surface area (Å²) in [6, 6.07) is 0. The summed E-state index contributed by atoms with van der Waals surface area (Å²) in [5, 5.41) is 3.30. The summed E-state index contributed by atoms with van der Waals surface area (Å²) >= 11 is 0. The third kappa shape index (κ3) is 2.15. The fraction of sp³-hybridized carbons (Fsp3) is 0.909. The van der Waals surface area contributed by atoms with Gasteiger partial charge in [-0.15, -0.1) is 0 Å². The van der Waals surface area contributed by atoms with E-state index in [4.69, 9.17) is 9.47 Å². The molecule has 0 saturated carbocycles. The summed E-state index contributed by atoms with van der Waals surface area (Å²) in [5.74, 6) is 0. The Morgan fingerprint density at radius 3 is 2.62 bits per heavy atom. The predicted octanol–water partition coefficient (Wildman–Crippen LogP) is 0.596. The van der Waals surface area contributed by atoms with Gasteiger partial charge in [0, 0.05) is 19.6 Å². The zero-order chi connectivity index (χ0) is 11.8. The summed E-state index contributed by atoms with van der Waals surface area (Å²) in [4.78, 5) is 13.9. The minimum absolute atomic E-state index is 0.166. The van der Waals surface area contributed by atoms with Gasteiger partial charge in [-0.25, -0.2) is 4.79 Å². The van der Waals surface area contributed by atoms with E-state index in [1.807, 2.05) is 25.7 Å². The number of ether oxygens (including phenoxy) is 2. The number of rotatable bonds is 0. The van der Waals surface area contributed by atoms with Gasteiger partial charge in [0.05, 0.1) is 13.2 Å². The number of nitrogens with zero attached hydrogens (tertiary/aromatic N) is 1. The summed E-state index contributed by atoms with van der Waals surface area (Å²) in [5.41, 5.74) is -0.603. The molecule has 1 amide bonds. The first-order valence-corrected chi connectivity index (χ1v) is 5.72. The van der Waals surface area contributed by atoms with Gasteiger partial charge in [-0.1, -0.05) is 0 Å². The van der Waals surface area contributed by atoms with Crippen LogP contribution in [0.2, 0.25) is 0 Å². The molecule has 5 nitrogen and oxygen atoms in total. The lowest BCUT2D eigenvalue weighted by molar-refractivity contribution is -0.142. The minimum atomic E-state index is -0.437. The average Bonchev–Trinajstić information content (AvgIpc) is 2.12. The molecule has 0 bridgehead atoms. The fourth-order valence-corrected chi connectivity index (χ4v) is 2.04. The van der Waals surface area contributed by atoms with E-state index < -0.39 is 5.60 Å². The lowest BCUT2D eigenvalue weighted by Gasteiger charge is -2.51. The first kappa shape index (κ1) is 11.7. The summed E-state index contributed by atoms with van der Waals surface area (Å²) in [6.45, 7) is 9.19. The number of carbonyl (C=O) groups excluding carboxylic acids is 1. The number of piperazine rings is 1. The number of carbonyl (C=O) groups is 1. The molecular weight excluding hydrogens is 208 g/mol. The van der Waals surface area contributed by atoms with Crippen LogP contribution in [-0.2, 0) is 9.47 Å². The molecule has 0 aromatic rings. The Kier molecular flexibility index (Phi) is 2.84. The first-order valence-electron chi connectivity index (χ1n) is 5.72. The minimum Gasteiger partial charge on any atom is -0.444 e. The van der Waals surface area contributed by atoms with Crippen LogP contribution >= 0.6 is 0 Å². The van der Waals surface area contributed by atoms with E-state index >= 15 is 0 Å². The Morgan fingerprint density at radius 2 is 2.12 bits per heavy atom. The molecule has 0 aromatic heterocycles. The normalized spacial score (nSPS) is 24.1. The maximum Gasteiger partial charge on any atom is 0.411 e. The van der Waals surface area contributed by atoms with Crippen LogP contribution in [0.4, 0.5) is 4.79 Å². The monoisotopic (exact) mass is 228 g/mol. The van der Waals surface area contributed by atoms with E-state index in [-0.39, 0.29) is 11.6 Å². The molecule has 2 saturated heterocycles. The van der Waals surface area contributed by atoms with E-state index in [1.165, 1.54) is 0 Å². The molecule has 1 N–H and O–H groups in total. The zero-order valence-corrected chi connectivity index (χ0v) is 10.2. The third-order valence-electron chi connectivity index (χ3n) is 2.89. The molecule has 0 radical (unpaired) electrons. The highest BCUT2D eigenvalue weighted by atomic mass is 16.6. The maximum absolute atomic E-state index is 12.0. The molecule has 16 heavy (non-hydrogen) atoms. The van der Waals surface area contributed by atoms with Gasteiger partial charge >= 0.3 is 6.09 Å². The van der Waals surface area contributed by atoms with Crippen molar-refractivity contribution in [2.24, 2.45) is 0 Å². The van der Waals surface area contributed by atoms with Gasteiger partial charge < -0.3 is 14.8 Å². The number of amides is 1. The Labute approximate surface area is 96.1 Å². The Hall–Kier alpha value is -0.810. The smallest absolute Gasteiger partial charge is 0.411 e. The van der Waals surface area contributed by atoms with Gasteiger partial charge in [0.2, 0.25) is 0 Å². The molecule has 2 rings (SSSR count). The van der Waals surface area contributed by atoms with Crippen molar-refractivity contribution in [3.05, 3.63) is 0 Å². The van der Waals surface area contributed by atoms with Gasteiger partial charge in [-0.2, -0.15) is 0 Å². The van der Waals surface area contributed by atoms with E-state index in [0.29, 0.717) is 19.8 Å². The maximum atomic E-state index is 12.0. The van der Waals surface area contributed by atoms with Crippen molar-refractivity contribution in [1.82, 2.24) is 10.2 Å². The summed E-state index contributed by atoms with van der Waals surface area (Å²) in [6.07, 6.45) is -0.225. The largest absolute Gasteiger partial charge is 0.444 e. The molecule has 0 aromatic carbocycles. The van der Waals surface area contributed by atoms with Gasteiger partial charge in [0.25, 0.3) is 0 Å². The second-order valence-electron chi connectivity index (χ2n) is 5.53. The van der Waals surface area contributed by atoms with Crippen molar-refractivity contribution in [2.75, 3.05) is 32.8 Å². The first-order chi connectivity index (χ1) is 7.43. The zero-order valence-electron chi connectivity index (χ0n) is 10.2. The molecule has 2 heterocycles. The summed E-state index contributed by atoms with van der Waals surface area (Å²) in [7, 11) is 0. The van der Waals surface area contributed by atoms with Crippen LogP contribution < -0.4 is 5.32 Å². The van der Waals surface area contributed by atoms with Crippen LogP contribution in [0, 0.1) is 0 Å². The Balaban J connectivity index is 2.03. The highest BCUT2D eigenvalue weighted by molar-refractivity contribution is 5.69. The van der Waals surface area contributed by atoms with Gasteiger partial charge in [0.15, 0.2) is 0 Å². The Morgan fingerprint density at radius 1 is 1.44 bits per heavy atom. The van der Waals surface area contributed by atoms with E-state index in [1.54, 1.807) is 0 Å². The molecule has 0 unspecified atom stereocenters. The molecule has 0 atom stereocenters.